The Balaban J connectivity index is 2.60. The Morgan fingerprint density at radius 3 is 2.77 bits per heavy atom. The monoisotopic (exact) mass is 280 g/mol. The summed E-state index contributed by atoms with van der Waals surface area (Å²) in [5, 5.41) is 0.204. The SMILES string of the molecule is CCCCC(Cl)c1cc(C)c(Br)s1. The number of aryl methyl sites for hydroxylation is 1. The third kappa shape index (κ3) is 3.26. The molecule has 1 aromatic heterocycles. The summed E-state index contributed by atoms with van der Waals surface area (Å²) in [7, 11) is 0. The second kappa shape index (κ2) is 5.38. The standard InChI is InChI=1S/C10H14BrClS/c1-3-4-5-8(12)9-6-7(2)10(11)13-9/h6,8H,3-5H2,1-2H3. The summed E-state index contributed by atoms with van der Waals surface area (Å²) >= 11 is 11.5. The molecule has 0 aliphatic heterocycles. The average molecular weight is 282 g/mol. The number of rotatable bonds is 4. The van der Waals surface area contributed by atoms with E-state index in [-0.39, 0.29) is 5.38 Å². The first-order valence-electron chi connectivity index (χ1n) is 4.55. The van der Waals surface area contributed by atoms with Gasteiger partial charge in [0.05, 0.1) is 9.16 Å². The molecule has 0 N–H and O–H groups in total. The summed E-state index contributed by atoms with van der Waals surface area (Å²) in [5.41, 5.74) is 1.29. The van der Waals surface area contributed by atoms with Crippen LogP contribution in [-0.4, -0.2) is 0 Å². The Kier molecular flexibility index (Phi) is 4.77. The van der Waals surface area contributed by atoms with Crippen molar-refractivity contribution in [2.24, 2.45) is 0 Å². The van der Waals surface area contributed by atoms with Crippen LogP contribution < -0.4 is 0 Å². The van der Waals surface area contributed by atoms with E-state index in [1.807, 2.05) is 0 Å². The van der Waals surface area contributed by atoms with Crippen molar-refractivity contribution >= 4 is 38.9 Å². The van der Waals surface area contributed by atoms with Gasteiger partial charge in [0.25, 0.3) is 0 Å². The van der Waals surface area contributed by atoms with Gasteiger partial charge in [0.1, 0.15) is 0 Å². The summed E-state index contributed by atoms with van der Waals surface area (Å²) in [6.07, 6.45) is 3.52. The topological polar surface area (TPSA) is 0 Å². The van der Waals surface area contributed by atoms with Crippen LogP contribution in [0.25, 0.3) is 0 Å². The highest BCUT2D eigenvalue weighted by molar-refractivity contribution is 9.11. The van der Waals surface area contributed by atoms with Crippen molar-refractivity contribution in [3.8, 4) is 0 Å². The fraction of sp³-hybridized carbons (Fsp3) is 0.600. The van der Waals surface area contributed by atoms with Crippen LogP contribution in [0.2, 0.25) is 0 Å². The van der Waals surface area contributed by atoms with Crippen LogP contribution in [0.4, 0.5) is 0 Å². The third-order valence-electron chi connectivity index (χ3n) is 2.00. The molecule has 0 nitrogen and oxygen atoms in total. The fourth-order valence-corrected chi connectivity index (χ4v) is 3.10. The first kappa shape index (κ1) is 11.5. The van der Waals surface area contributed by atoms with Gasteiger partial charge in [0, 0.05) is 4.88 Å². The van der Waals surface area contributed by atoms with E-state index in [2.05, 4.69) is 35.8 Å². The first-order valence-corrected chi connectivity index (χ1v) is 6.59. The summed E-state index contributed by atoms with van der Waals surface area (Å²) in [5.74, 6) is 0. The van der Waals surface area contributed by atoms with Crippen LogP contribution in [0.1, 0.15) is 42.0 Å². The van der Waals surface area contributed by atoms with Crippen molar-refractivity contribution in [1.82, 2.24) is 0 Å². The van der Waals surface area contributed by atoms with Crippen molar-refractivity contribution in [3.05, 3.63) is 20.3 Å². The quantitative estimate of drug-likeness (QED) is 0.658. The zero-order valence-corrected chi connectivity index (χ0v) is 11.1. The lowest BCUT2D eigenvalue weighted by Gasteiger charge is -2.04. The van der Waals surface area contributed by atoms with Gasteiger partial charge in [-0.05, 0) is 40.9 Å². The van der Waals surface area contributed by atoms with E-state index in [0.29, 0.717) is 0 Å². The molecular weight excluding hydrogens is 268 g/mol. The van der Waals surface area contributed by atoms with Gasteiger partial charge in [-0.15, -0.1) is 22.9 Å². The Bertz CT molecular complexity index is 250. The van der Waals surface area contributed by atoms with E-state index in [1.165, 1.54) is 27.1 Å². The molecule has 3 heteroatoms. The van der Waals surface area contributed by atoms with E-state index < -0.39 is 0 Å². The summed E-state index contributed by atoms with van der Waals surface area (Å²) in [4.78, 5) is 1.29. The zero-order chi connectivity index (χ0) is 9.84. The van der Waals surface area contributed by atoms with Crippen LogP contribution in [-0.2, 0) is 0 Å². The Labute approximate surface area is 97.4 Å². The van der Waals surface area contributed by atoms with Crippen LogP contribution in [0.15, 0.2) is 9.85 Å². The lowest BCUT2D eigenvalue weighted by Crippen LogP contribution is -1.85. The molecule has 0 bridgehead atoms. The summed E-state index contributed by atoms with van der Waals surface area (Å²) in [6.45, 7) is 4.30. The minimum absolute atomic E-state index is 0.204. The molecule has 1 heterocycles. The first-order chi connectivity index (χ1) is 6.15. The van der Waals surface area contributed by atoms with Gasteiger partial charge in [-0.1, -0.05) is 19.8 Å². The van der Waals surface area contributed by atoms with Gasteiger partial charge in [-0.2, -0.15) is 0 Å². The molecular formula is C10H14BrClS. The number of hydrogen-bond acceptors (Lipinski definition) is 1. The van der Waals surface area contributed by atoms with Crippen LogP contribution in [0, 0.1) is 6.92 Å². The number of thiophene rings is 1. The molecule has 0 saturated heterocycles. The van der Waals surface area contributed by atoms with Crippen LogP contribution in [0.5, 0.6) is 0 Å². The number of unbranched alkanes of at least 4 members (excludes halogenated alkanes) is 1. The lowest BCUT2D eigenvalue weighted by molar-refractivity contribution is 0.706. The molecule has 1 unspecified atom stereocenters. The minimum atomic E-state index is 0.204. The van der Waals surface area contributed by atoms with E-state index >= 15 is 0 Å². The zero-order valence-electron chi connectivity index (χ0n) is 7.94. The van der Waals surface area contributed by atoms with Crippen molar-refractivity contribution in [2.75, 3.05) is 0 Å². The maximum Gasteiger partial charge on any atom is 0.0731 e. The molecule has 0 aliphatic rings. The van der Waals surface area contributed by atoms with Gasteiger partial charge < -0.3 is 0 Å². The molecule has 0 saturated carbocycles. The maximum absolute atomic E-state index is 6.26. The molecule has 1 aromatic rings. The second-order valence-corrected chi connectivity index (χ2v) is 6.14. The van der Waals surface area contributed by atoms with E-state index in [4.69, 9.17) is 11.6 Å². The minimum Gasteiger partial charge on any atom is -0.131 e. The molecule has 74 valence electrons. The average Bonchev–Trinajstić information content (AvgIpc) is 2.43. The molecule has 0 fully saturated rings. The van der Waals surface area contributed by atoms with E-state index in [1.54, 1.807) is 11.3 Å². The molecule has 0 spiro atoms. The predicted molar refractivity (Wildman–Crippen MR) is 64.9 cm³/mol. The normalized spacial score (nSPS) is 13.2. The highest BCUT2D eigenvalue weighted by atomic mass is 79.9. The highest BCUT2D eigenvalue weighted by Crippen LogP contribution is 2.36. The summed E-state index contributed by atoms with van der Waals surface area (Å²) < 4.78 is 1.21. The molecule has 13 heavy (non-hydrogen) atoms. The molecule has 0 aliphatic carbocycles. The van der Waals surface area contributed by atoms with E-state index in [0.717, 1.165) is 6.42 Å². The molecule has 1 rings (SSSR count). The Morgan fingerprint density at radius 1 is 1.62 bits per heavy atom. The number of hydrogen-bond donors (Lipinski definition) is 0. The number of alkyl halides is 1. The third-order valence-corrected chi connectivity index (χ3v) is 4.83. The van der Waals surface area contributed by atoms with Crippen molar-refractivity contribution < 1.29 is 0 Å². The fourth-order valence-electron chi connectivity index (χ4n) is 1.16. The largest absolute Gasteiger partial charge is 0.131 e. The number of halogens is 2. The molecule has 1 atom stereocenters. The highest BCUT2D eigenvalue weighted by Gasteiger charge is 2.11. The van der Waals surface area contributed by atoms with Crippen molar-refractivity contribution in [3.63, 3.8) is 0 Å². The van der Waals surface area contributed by atoms with Gasteiger partial charge in [0.2, 0.25) is 0 Å². The molecule has 0 radical (unpaired) electrons. The summed E-state index contributed by atoms with van der Waals surface area (Å²) in [6, 6.07) is 2.18. The van der Waals surface area contributed by atoms with Gasteiger partial charge >= 0.3 is 0 Å². The van der Waals surface area contributed by atoms with Gasteiger partial charge in [-0.25, -0.2) is 0 Å². The van der Waals surface area contributed by atoms with Crippen molar-refractivity contribution in [1.29, 1.82) is 0 Å². The van der Waals surface area contributed by atoms with Gasteiger partial charge in [0.15, 0.2) is 0 Å². The second-order valence-electron chi connectivity index (χ2n) is 3.22. The maximum atomic E-state index is 6.26. The Hall–Kier alpha value is 0.470. The van der Waals surface area contributed by atoms with E-state index in [9.17, 15) is 0 Å². The Morgan fingerprint density at radius 2 is 2.31 bits per heavy atom. The van der Waals surface area contributed by atoms with Crippen LogP contribution >= 0.6 is 38.9 Å². The predicted octanol–water partition coefficient (Wildman–Crippen LogP) is 5.29. The lowest BCUT2D eigenvalue weighted by atomic mass is 10.1. The van der Waals surface area contributed by atoms with Crippen molar-refractivity contribution in [2.45, 2.75) is 38.5 Å². The molecule has 0 aromatic carbocycles. The van der Waals surface area contributed by atoms with Crippen LogP contribution in [0.3, 0.4) is 0 Å². The molecule has 0 amide bonds. The smallest absolute Gasteiger partial charge is 0.0731 e. The van der Waals surface area contributed by atoms with Gasteiger partial charge in [-0.3, -0.25) is 0 Å².